The summed E-state index contributed by atoms with van der Waals surface area (Å²) >= 11 is 0. The minimum absolute atomic E-state index is 0.719. The lowest BCUT2D eigenvalue weighted by Crippen LogP contribution is -2.35. The Balaban J connectivity index is 1.88. The molecule has 1 aliphatic rings. The fourth-order valence-corrected chi connectivity index (χ4v) is 3.17. The Morgan fingerprint density at radius 2 is 1.67 bits per heavy atom. The van der Waals surface area contributed by atoms with Gasteiger partial charge in [0, 0.05) is 12.6 Å². The Bertz CT molecular complexity index is 376. The van der Waals surface area contributed by atoms with Crippen molar-refractivity contribution in [1.82, 2.24) is 5.32 Å². The third kappa shape index (κ3) is 3.58. The lowest BCUT2D eigenvalue weighted by atomic mass is 9.79. The van der Waals surface area contributed by atoms with Gasteiger partial charge in [-0.2, -0.15) is 0 Å². The maximum Gasteiger partial charge on any atom is 0.0208 e. The van der Waals surface area contributed by atoms with Crippen LogP contribution in [0.3, 0.4) is 0 Å². The van der Waals surface area contributed by atoms with Crippen molar-refractivity contribution in [2.75, 3.05) is 0 Å². The van der Waals surface area contributed by atoms with Crippen molar-refractivity contribution in [3.63, 3.8) is 0 Å². The Labute approximate surface area is 112 Å². The van der Waals surface area contributed by atoms with Crippen LogP contribution in [0.25, 0.3) is 0 Å². The van der Waals surface area contributed by atoms with Crippen LogP contribution in [0.2, 0.25) is 0 Å². The summed E-state index contributed by atoms with van der Waals surface area (Å²) in [5.41, 5.74) is 4.17. The molecule has 1 nitrogen and oxygen atoms in total. The van der Waals surface area contributed by atoms with E-state index in [1.165, 1.54) is 36.0 Å². The van der Waals surface area contributed by atoms with Crippen LogP contribution in [-0.4, -0.2) is 6.04 Å². The first-order chi connectivity index (χ1) is 8.54. The summed E-state index contributed by atoms with van der Waals surface area (Å²) in [6.07, 6.45) is 4.06. The van der Waals surface area contributed by atoms with E-state index >= 15 is 0 Å². The van der Waals surface area contributed by atoms with Gasteiger partial charge in [0.2, 0.25) is 0 Å². The lowest BCUT2D eigenvalue weighted by Gasteiger charge is -2.32. The molecule has 1 fully saturated rings. The fraction of sp³-hybridized carbons (Fsp3) is 0.647. The zero-order chi connectivity index (χ0) is 13.1. The normalized spacial score (nSPS) is 28.3. The van der Waals surface area contributed by atoms with Crippen LogP contribution in [0.15, 0.2) is 18.2 Å². The molecule has 1 aromatic carbocycles. The van der Waals surface area contributed by atoms with Crippen LogP contribution in [0.4, 0.5) is 0 Å². The highest BCUT2D eigenvalue weighted by molar-refractivity contribution is 5.28. The number of hydrogen-bond acceptors (Lipinski definition) is 1. The van der Waals surface area contributed by atoms with Gasteiger partial charge in [-0.05, 0) is 50.5 Å². The minimum Gasteiger partial charge on any atom is -0.310 e. The molecule has 0 aromatic heterocycles. The first kappa shape index (κ1) is 13.6. The molecular formula is C17H27N. The first-order valence-electron chi connectivity index (χ1n) is 7.35. The second-order valence-electron chi connectivity index (χ2n) is 6.34. The molecule has 0 aliphatic heterocycles. The van der Waals surface area contributed by atoms with Gasteiger partial charge in [0.15, 0.2) is 0 Å². The smallest absolute Gasteiger partial charge is 0.0208 e. The molecule has 0 spiro atoms. The molecule has 0 heterocycles. The average Bonchev–Trinajstić information content (AvgIpc) is 2.29. The summed E-state index contributed by atoms with van der Waals surface area (Å²) in [4.78, 5) is 0. The molecule has 1 saturated carbocycles. The SMILES string of the molecule is Cc1cc(C)cc(CNC2CCC(C)C(C)C2)c1. The van der Waals surface area contributed by atoms with E-state index in [1.807, 2.05) is 0 Å². The van der Waals surface area contributed by atoms with E-state index in [1.54, 1.807) is 0 Å². The van der Waals surface area contributed by atoms with Crippen LogP contribution < -0.4 is 5.32 Å². The van der Waals surface area contributed by atoms with Gasteiger partial charge in [-0.3, -0.25) is 0 Å². The highest BCUT2D eigenvalue weighted by Gasteiger charge is 2.23. The fourth-order valence-electron chi connectivity index (χ4n) is 3.17. The molecule has 0 radical (unpaired) electrons. The van der Waals surface area contributed by atoms with Gasteiger partial charge < -0.3 is 5.32 Å². The van der Waals surface area contributed by atoms with Crippen molar-refractivity contribution < 1.29 is 0 Å². The Kier molecular flexibility index (Phi) is 4.45. The van der Waals surface area contributed by atoms with E-state index in [0.717, 1.165) is 24.4 Å². The van der Waals surface area contributed by atoms with Gasteiger partial charge >= 0.3 is 0 Å². The second-order valence-corrected chi connectivity index (χ2v) is 6.34. The molecule has 0 amide bonds. The van der Waals surface area contributed by atoms with Gasteiger partial charge in [-0.15, -0.1) is 0 Å². The molecule has 1 N–H and O–H groups in total. The average molecular weight is 245 g/mol. The maximum atomic E-state index is 3.74. The molecule has 3 unspecified atom stereocenters. The summed E-state index contributed by atoms with van der Waals surface area (Å²) in [5.74, 6) is 1.78. The molecular weight excluding hydrogens is 218 g/mol. The van der Waals surface area contributed by atoms with Crippen LogP contribution >= 0.6 is 0 Å². The van der Waals surface area contributed by atoms with E-state index < -0.39 is 0 Å². The van der Waals surface area contributed by atoms with E-state index in [9.17, 15) is 0 Å². The zero-order valence-electron chi connectivity index (χ0n) is 12.3. The predicted molar refractivity (Wildman–Crippen MR) is 78.7 cm³/mol. The quantitative estimate of drug-likeness (QED) is 0.841. The Morgan fingerprint density at radius 3 is 2.28 bits per heavy atom. The molecule has 3 atom stereocenters. The highest BCUT2D eigenvalue weighted by atomic mass is 14.9. The molecule has 1 aromatic rings. The van der Waals surface area contributed by atoms with Crippen molar-refractivity contribution >= 4 is 0 Å². The third-order valence-corrected chi connectivity index (χ3v) is 4.47. The van der Waals surface area contributed by atoms with Crippen LogP contribution in [0.1, 0.15) is 49.8 Å². The van der Waals surface area contributed by atoms with Gasteiger partial charge in [-0.25, -0.2) is 0 Å². The minimum atomic E-state index is 0.719. The van der Waals surface area contributed by atoms with Crippen molar-refractivity contribution in [3.8, 4) is 0 Å². The number of benzene rings is 1. The van der Waals surface area contributed by atoms with E-state index in [-0.39, 0.29) is 0 Å². The summed E-state index contributed by atoms with van der Waals surface area (Å²) in [6.45, 7) is 10.2. The third-order valence-electron chi connectivity index (χ3n) is 4.47. The lowest BCUT2D eigenvalue weighted by molar-refractivity contribution is 0.225. The monoisotopic (exact) mass is 245 g/mol. The summed E-state index contributed by atoms with van der Waals surface area (Å²) in [7, 11) is 0. The molecule has 0 bridgehead atoms. The summed E-state index contributed by atoms with van der Waals surface area (Å²) in [6, 6.07) is 7.56. The second kappa shape index (κ2) is 5.88. The molecule has 1 heteroatoms. The van der Waals surface area contributed by atoms with Gasteiger partial charge in [0.25, 0.3) is 0 Å². The molecule has 18 heavy (non-hydrogen) atoms. The topological polar surface area (TPSA) is 12.0 Å². The van der Waals surface area contributed by atoms with Gasteiger partial charge in [0.1, 0.15) is 0 Å². The largest absolute Gasteiger partial charge is 0.310 e. The summed E-state index contributed by atoms with van der Waals surface area (Å²) < 4.78 is 0. The molecule has 1 aliphatic carbocycles. The number of aryl methyl sites for hydroxylation is 2. The standard InChI is InChI=1S/C17H27N/c1-12-7-13(2)9-16(8-12)11-18-17-6-5-14(3)15(4)10-17/h7-9,14-15,17-18H,5-6,10-11H2,1-4H3. The van der Waals surface area contributed by atoms with E-state index in [2.05, 4.69) is 51.2 Å². The summed E-state index contributed by atoms with van der Waals surface area (Å²) in [5, 5.41) is 3.74. The van der Waals surface area contributed by atoms with Gasteiger partial charge in [0.05, 0.1) is 0 Å². The number of rotatable bonds is 3. The number of hydrogen-bond donors (Lipinski definition) is 1. The van der Waals surface area contributed by atoms with Gasteiger partial charge in [-0.1, -0.05) is 43.2 Å². The molecule has 100 valence electrons. The predicted octanol–water partition coefficient (Wildman–Crippen LogP) is 4.22. The van der Waals surface area contributed by atoms with Crippen molar-refractivity contribution in [1.29, 1.82) is 0 Å². The highest BCUT2D eigenvalue weighted by Crippen LogP contribution is 2.29. The zero-order valence-corrected chi connectivity index (χ0v) is 12.3. The molecule has 0 saturated heterocycles. The van der Waals surface area contributed by atoms with Crippen molar-refractivity contribution in [3.05, 3.63) is 34.9 Å². The Morgan fingerprint density at radius 1 is 1.00 bits per heavy atom. The van der Waals surface area contributed by atoms with Crippen LogP contribution in [0, 0.1) is 25.7 Å². The number of nitrogens with one attached hydrogen (secondary N) is 1. The van der Waals surface area contributed by atoms with Crippen LogP contribution in [-0.2, 0) is 6.54 Å². The van der Waals surface area contributed by atoms with Crippen LogP contribution in [0.5, 0.6) is 0 Å². The molecule has 2 rings (SSSR count). The Hall–Kier alpha value is -0.820. The maximum absolute atomic E-state index is 3.74. The van der Waals surface area contributed by atoms with Crippen molar-refractivity contribution in [2.45, 2.75) is 59.5 Å². The first-order valence-corrected chi connectivity index (χ1v) is 7.35. The van der Waals surface area contributed by atoms with E-state index in [0.29, 0.717) is 0 Å². The van der Waals surface area contributed by atoms with Crippen molar-refractivity contribution in [2.24, 2.45) is 11.8 Å². The van der Waals surface area contributed by atoms with E-state index in [4.69, 9.17) is 0 Å².